The molecule has 1 fully saturated rings. The second-order valence-electron chi connectivity index (χ2n) is 13.6. The Kier molecular flexibility index (Phi) is 22.4. The highest BCUT2D eigenvalue weighted by molar-refractivity contribution is 5.93. The molecule has 0 atom stereocenters. The van der Waals surface area contributed by atoms with Gasteiger partial charge in [-0.15, -0.1) is 0 Å². The van der Waals surface area contributed by atoms with Crippen LogP contribution < -0.4 is 10.1 Å². The molecule has 0 spiro atoms. The third kappa shape index (κ3) is 19.9. The Morgan fingerprint density at radius 3 is 1.95 bits per heavy atom. The van der Waals surface area contributed by atoms with Crippen molar-refractivity contribution in [3.05, 3.63) is 65.0 Å². The molecular formula is C41H58F3N3O10. The minimum atomic E-state index is -4.15. The van der Waals surface area contributed by atoms with Gasteiger partial charge in [-0.05, 0) is 55.7 Å². The fourth-order valence-electron chi connectivity index (χ4n) is 5.84. The van der Waals surface area contributed by atoms with Crippen molar-refractivity contribution in [1.29, 1.82) is 0 Å². The average molecular weight is 810 g/mol. The number of carbonyl (C=O) groups is 3. The van der Waals surface area contributed by atoms with Gasteiger partial charge in [-0.2, -0.15) is 13.2 Å². The number of halogens is 3. The van der Waals surface area contributed by atoms with Crippen molar-refractivity contribution in [2.75, 3.05) is 100.0 Å². The largest absolute Gasteiger partial charge is 0.495 e. The van der Waals surface area contributed by atoms with Crippen molar-refractivity contribution in [2.24, 2.45) is 11.8 Å². The standard InChI is InChI=1S/C41H58F3N3O10/c1-31(48)30-57-24-23-56-22-21-55-20-19-54-18-17-53-16-15-52-14-13-47(2)39(49)26-33-5-4-6-34(25-33)28-46-40(50)37-27-35(38(51-3)29-45-37)10-7-32-8-11-36(12-9-32)41(42,43)44/h4-7,10,25,27,29,32,36H,8-9,11-24,26,28,30H2,1-3H3,(H,46,50)/b10-7+/t32-,36-. The third-order valence-corrected chi connectivity index (χ3v) is 9.09. The van der Waals surface area contributed by atoms with Gasteiger partial charge < -0.3 is 43.4 Å². The van der Waals surface area contributed by atoms with Crippen LogP contribution in [0.3, 0.4) is 0 Å². The minimum absolute atomic E-state index is 0.0172. The Morgan fingerprint density at radius 1 is 0.825 bits per heavy atom. The van der Waals surface area contributed by atoms with Crippen molar-refractivity contribution in [1.82, 2.24) is 15.2 Å². The lowest BCUT2D eigenvalue weighted by Crippen LogP contribution is -2.31. The molecule has 57 heavy (non-hydrogen) atoms. The predicted octanol–water partition coefficient (Wildman–Crippen LogP) is 5.09. The number of Topliss-reactive ketones (excluding diaryl/α,β-unsaturated/α-hetero) is 1. The summed E-state index contributed by atoms with van der Waals surface area (Å²) in [6.45, 7) is 6.76. The number of alkyl halides is 3. The first-order chi connectivity index (χ1) is 27.5. The number of carbonyl (C=O) groups excluding carboxylic acids is 3. The summed E-state index contributed by atoms with van der Waals surface area (Å²) in [7, 11) is 3.21. The molecular weight excluding hydrogens is 751 g/mol. The van der Waals surface area contributed by atoms with Crippen LogP contribution >= 0.6 is 0 Å². The molecule has 0 radical (unpaired) electrons. The Labute approximate surface area is 333 Å². The number of nitrogens with zero attached hydrogens (tertiary/aromatic N) is 2. The maximum absolute atomic E-state index is 13.0. The number of amides is 2. The summed E-state index contributed by atoms with van der Waals surface area (Å²) in [5.74, 6) is -1.26. The first kappa shape index (κ1) is 47.4. The summed E-state index contributed by atoms with van der Waals surface area (Å²) < 4.78 is 77.0. The lowest BCUT2D eigenvalue weighted by molar-refractivity contribution is -0.183. The van der Waals surface area contributed by atoms with E-state index in [2.05, 4.69) is 10.3 Å². The maximum Gasteiger partial charge on any atom is 0.391 e. The minimum Gasteiger partial charge on any atom is -0.495 e. The Bertz CT molecular complexity index is 1520. The molecule has 0 aliphatic heterocycles. The van der Waals surface area contributed by atoms with Crippen LogP contribution in [-0.4, -0.2) is 134 Å². The molecule has 2 aromatic rings. The van der Waals surface area contributed by atoms with E-state index in [0.717, 1.165) is 11.1 Å². The molecule has 0 unspecified atom stereocenters. The van der Waals surface area contributed by atoms with E-state index >= 15 is 0 Å². The zero-order valence-corrected chi connectivity index (χ0v) is 33.3. The molecule has 3 rings (SSSR count). The number of rotatable bonds is 28. The van der Waals surface area contributed by atoms with Crippen molar-refractivity contribution < 1.29 is 60.7 Å². The van der Waals surface area contributed by atoms with E-state index in [0.29, 0.717) is 103 Å². The number of benzene rings is 1. The van der Waals surface area contributed by atoms with Crippen molar-refractivity contribution in [3.63, 3.8) is 0 Å². The average Bonchev–Trinajstić information content (AvgIpc) is 3.19. The molecule has 1 aliphatic carbocycles. The van der Waals surface area contributed by atoms with Crippen LogP contribution in [0.15, 0.2) is 42.6 Å². The normalized spacial score (nSPS) is 15.8. The van der Waals surface area contributed by atoms with Crippen molar-refractivity contribution in [3.8, 4) is 5.75 Å². The summed E-state index contributed by atoms with van der Waals surface area (Å²) in [4.78, 5) is 42.5. The third-order valence-electron chi connectivity index (χ3n) is 9.09. The lowest BCUT2D eigenvalue weighted by Gasteiger charge is -2.28. The van der Waals surface area contributed by atoms with Gasteiger partial charge in [0, 0.05) is 25.7 Å². The number of allylic oxidation sites excluding steroid dienone is 1. The first-order valence-corrected chi connectivity index (χ1v) is 19.3. The zero-order chi connectivity index (χ0) is 41.3. The van der Waals surface area contributed by atoms with E-state index in [1.807, 2.05) is 30.3 Å². The number of methoxy groups -OCH3 is 1. The molecule has 13 nitrogen and oxygen atoms in total. The van der Waals surface area contributed by atoms with E-state index in [9.17, 15) is 27.6 Å². The van der Waals surface area contributed by atoms with Crippen LogP contribution in [0.5, 0.6) is 5.75 Å². The van der Waals surface area contributed by atoms with Crippen LogP contribution in [0, 0.1) is 11.8 Å². The van der Waals surface area contributed by atoms with Crippen LogP contribution in [0.25, 0.3) is 6.08 Å². The van der Waals surface area contributed by atoms with Gasteiger partial charge in [0.25, 0.3) is 5.91 Å². The second-order valence-corrected chi connectivity index (χ2v) is 13.6. The van der Waals surface area contributed by atoms with Gasteiger partial charge in [-0.25, -0.2) is 4.98 Å². The monoisotopic (exact) mass is 809 g/mol. The number of pyridine rings is 1. The highest BCUT2D eigenvalue weighted by atomic mass is 19.4. The molecule has 0 saturated heterocycles. The summed E-state index contributed by atoms with van der Waals surface area (Å²) in [5, 5.41) is 2.87. The predicted molar refractivity (Wildman–Crippen MR) is 206 cm³/mol. The van der Waals surface area contributed by atoms with Gasteiger partial charge in [0.2, 0.25) is 5.91 Å². The number of aromatic nitrogens is 1. The van der Waals surface area contributed by atoms with E-state index in [-0.39, 0.29) is 55.7 Å². The number of hydrogen-bond donors (Lipinski definition) is 1. The van der Waals surface area contributed by atoms with Gasteiger partial charge in [0.1, 0.15) is 18.1 Å². The number of likely N-dealkylation sites (N-methyl/N-ethyl adjacent to an activating group) is 1. The molecule has 1 aromatic carbocycles. The number of hydrogen-bond acceptors (Lipinski definition) is 11. The molecule has 2 amide bonds. The fourth-order valence-corrected chi connectivity index (χ4v) is 5.84. The first-order valence-electron chi connectivity index (χ1n) is 19.3. The second kappa shape index (κ2) is 26.9. The van der Waals surface area contributed by atoms with Gasteiger partial charge in [0.15, 0.2) is 5.78 Å². The zero-order valence-electron chi connectivity index (χ0n) is 33.3. The number of nitrogens with one attached hydrogen (secondary N) is 1. The summed E-state index contributed by atoms with van der Waals surface area (Å²) in [6, 6.07) is 9.02. The highest BCUT2D eigenvalue weighted by Crippen LogP contribution is 2.40. The highest BCUT2D eigenvalue weighted by Gasteiger charge is 2.41. The quantitative estimate of drug-likeness (QED) is 0.115. The van der Waals surface area contributed by atoms with E-state index < -0.39 is 18.0 Å². The lowest BCUT2D eigenvalue weighted by atomic mass is 9.81. The van der Waals surface area contributed by atoms with Gasteiger partial charge >= 0.3 is 6.18 Å². The van der Waals surface area contributed by atoms with Crippen LogP contribution in [0.2, 0.25) is 0 Å². The molecule has 1 saturated carbocycles. The van der Waals surface area contributed by atoms with Gasteiger partial charge in [-0.1, -0.05) is 36.4 Å². The number of ketones is 1. The SMILES string of the molecule is COc1cnc(C(=O)NCc2cccc(CC(=O)N(C)CCOCCOCCOCCOCCOCCOCC(C)=O)c2)cc1/C=C/[C@H]1CC[C@H](C(F)(F)F)CC1. The maximum atomic E-state index is 13.0. The molecule has 318 valence electrons. The van der Waals surface area contributed by atoms with E-state index in [1.54, 1.807) is 24.1 Å². The molecule has 1 aliphatic rings. The Balaban J connectivity index is 1.25. The summed E-state index contributed by atoms with van der Waals surface area (Å²) >= 11 is 0. The molecule has 1 heterocycles. The molecule has 16 heteroatoms. The van der Waals surface area contributed by atoms with Gasteiger partial charge in [0.05, 0.1) is 98.3 Å². The number of ether oxygens (including phenoxy) is 7. The van der Waals surface area contributed by atoms with E-state index in [1.165, 1.54) is 20.2 Å². The fraction of sp³-hybridized carbons (Fsp3) is 0.610. The van der Waals surface area contributed by atoms with Crippen LogP contribution in [0.1, 0.15) is 59.8 Å². The van der Waals surface area contributed by atoms with Crippen molar-refractivity contribution in [2.45, 2.75) is 51.7 Å². The smallest absolute Gasteiger partial charge is 0.391 e. The topological polar surface area (TPSA) is 144 Å². The molecule has 1 N–H and O–H groups in total. The Morgan fingerprint density at radius 2 is 1.39 bits per heavy atom. The van der Waals surface area contributed by atoms with Crippen LogP contribution in [0.4, 0.5) is 13.2 Å². The molecule has 0 bridgehead atoms. The molecule has 1 aromatic heterocycles. The Hall–Kier alpha value is -3.93. The summed E-state index contributed by atoms with van der Waals surface area (Å²) in [6.07, 6.45) is 2.28. The van der Waals surface area contributed by atoms with Crippen molar-refractivity contribution >= 4 is 23.7 Å². The van der Waals surface area contributed by atoms with Gasteiger partial charge in [-0.3, -0.25) is 14.4 Å². The summed E-state index contributed by atoms with van der Waals surface area (Å²) in [5.41, 5.74) is 2.41. The van der Waals surface area contributed by atoms with E-state index in [4.69, 9.17) is 33.2 Å². The van der Waals surface area contributed by atoms with Crippen LogP contribution in [-0.2, 0) is 51.0 Å².